The monoisotopic (exact) mass is 338 g/mol. The molecule has 1 fully saturated rings. The summed E-state index contributed by atoms with van der Waals surface area (Å²) in [5.74, 6) is -0.253. The van der Waals surface area contributed by atoms with Gasteiger partial charge in [-0.15, -0.1) is 0 Å². The quantitative estimate of drug-likeness (QED) is 0.808. The van der Waals surface area contributed by atoms with Crippen LogP contribution in [0, 0.1) is 6.92 Å². The van der Waals surface area contributed by atoms with Crippen LogP contribution < -0.4 is 4.90 Å². The zero-order chi connectivity index (χ0) is 17.8. The number of methoxy groups -OCH3 is 1. The minimum absolute atomic E-state index is 0.0843. The van der Waals surface area contributed by atoms with Crippen molar-refractivity contribution in [3.63, 3.8) is 0 Å². The Morgan fingerprint density at radius 2 is 1.68 bits per heavy atom. The lowest BCUT2D eigenvalue weighted by Gasteiger charge is -2.36. The summed E-state index contributed by atoms with van der Waals surface area (Å²) in [5.41, 5.74) is 3.29. The van der Waals surface area contributed by atoms with Crippen LogP contribution >= 0.6 is 0 Å². The van der Waals surface area contributed by atoms with E-state index in [0.717, 1.165) is 29.9 Å². The average molecular weight is 338 g/mol. The van der Waals surface area contributed by atoms with E-state index in [9.17, 15) is 9.59 Å². The second kappa shape index (κ2) is 7.38. The van der Waals surface area contributed by atoms with Crippen molar-refractivity contribution >= 4 is 17.6 Å². The number of benzene rings is 2. The summed E-state index contributed by atoms with van der Waals surface area (Å²) in [6.45, 7) is 4.76. The van der Waals surface area contributed by atoms with Gasteiger partial charge in [0.05, 0.1) is 12.7 Å². The van der Waals surface area contributed by atoms with Crippen molar-refractivity contribution in [2.24, 2.45) is 0 Å². The Labute approximate surface area is 147 Å². The molecule has 3 rings (SSSR count). The first kappa shape index (κ1) is 17.0. The smallest absolute Gasteiger partial charge is 0.337 e. The van der Waals surface area contributed by atoms with Crippen molar-refractivity contribution in [2.45, 2.75) is 6.92 Å². The SMILES string of the molecule is COC(=O)c1cccc(N2CCN(C(=O)c3ccccc3C)CC2)c1. The van der Waals surface area contributed by atoms with Crippen LogP contribution in [-0.2, 0) is 4.74 Å². The molecule has 0 aromatic heterocycles. The van der Waals surface area contributed by atoms with E-state index in [-0.39, 0.29) is 11.9 Å². The van der Waals surface area contributed by atoms with Crippen LogP contribution in [0.2, 0.25) is 0 Å². The Hall–Kier alpha value is -2.82. The number of hydrogen-bond donors (Lipinski definition) is 0. The number of piperazine rings is 1. The molecule has 1 heterocycles. The van der Waals surface area contributed by atoms with Gasteiger partial charge in [-0.2, -0.15) is 0 Å². The molecular weight excluding hydrogens is 316 g/mol. The van der Waals surface area contributed by atoms with Gasteiger partial charge in [-0.1, -0.05) is 24.3 Å². The topological polar surface area (TPSA) is 49.9 Å². The van der Waals surface area contributed by atoms with E-state index in [1.807, 2.05) is 54.3 Å². The molecule has 5 nitrogen and oxygen atoms in total. The van der Waals surface area contributed by atoms with Crippen LogP contribution in [0.1, 0.15) is 26.3 Å². The van der Waals surface area contributed by atoms with Crippen molar-refractivity contribution in [3.05, 3.63) is 65.2 Å². The Morgan fingerprint density at radius 3 is 2.36 bits per heavy atom. The van der Waals surface area contributed by atoms with Gasteiger partial charge in [-0.3, -0.25) is 4.79 Å². The average Bonchev–Trinajstić information content (AvgIpc) is 2.67. The molecule has 2 aromatic rings. The first-order chi connectivity index (χ1) is 12.1. The molecule has 25 heavy (non-hydrogen) atoms. The molecule has 2 aromatic carbocycles. The number of anilines is 1. The zero-order valence-electron chi connectivity index (χ0n) is 14.6. The molecule has 0 radical (unpaired) electrons. The summed E-state index contributed by atoms with van der Waals surface area (Å²) < 4.78 is 4.78. The van der Waals surface area contributed by atoms with Crippen LogP contribution in [0.4, 0.5) is 5.69 Å². The summed E-state index contributed by atoms with van der Waals surface area (Å²) in [4.78, 5) is 28.5. The van der Waals surface area contributed by atoms with Gasteiger partial charge in [0.15, 0.2) is 0 Å². The highest BCUT2D eigenvalue weighted by molar-refractivity contribution is 5.95. The third kappa shape index (κ3) is 3.65. The molecule has 0 bridgehead atoms. The van der Waals surface area contributed by atoms with E-state index in [4.69, 9.17) is 4.74 Å². The number of ether oxygens (including phenoxy) is 1. The minimum atomic E-state index is -0.338. The molecule has 0 atom stereocenters. The standard InChI is InChI=1S/C20H22N2O3/c1-15-6-3-4-9-18(15)19(23)22-12-10-21(11-13-22)17-8-5-7-16(14-17)20(24)25-2/h3-9,14H,10-13H2,1-2H3. The van der Waals surface area contributed by atoms with E-state index >= 15 is 0 Å². The molecule has 1 saturated heterocycles. The third-order valence-electron chi connectivity index (χ3n) is 4.57. The van der Waals surface area contributed by atoms with Gasteiger partial charge in [0.1, 0.15) is 0 Å². The normalized spacial score (nSPS) is 14.3. The van der Waals surface area contributed by atoms with Gasteiger partial charge < -0.3 is 14.5 Å². The first-order valence-electron chi connectivity index (χ1n) is 8.38. The van der Waals surface area contributed by atoms with E-state index in [2.05, 4.69) is 4.90 Å². The molecule has 1 aliphatic heterocycles. The van der Waals surface area contributed by atoms with Crippen LogP contribution in [0.25, 0.3) is 0 Å². The van der Waals surface area contributed by atoms with Gasteiger partial charge in [-0.25, -0.2) is 4.79 Å². The van der Waals surface area contributed by atoms with E-state index in [0.29, 0.717) is 18.7 Å². The third-order valence-corrected chi connectivity index (χ3v) is 4.57. The molecule has 0 spiro atoms. The number of carbonyl (C=O) groups excluding carboxylic acids is 2. The molecule has 5 heteroatoms. The highest BCUT2D eigenvalue weighted by Crippen LogP contribution is 2.20. The summed E-state index contributed by atoms with van der Waals surface area (Å²) in [6, 6.07) is 15.1. The molecule has 0 saturated carbocycles. The van der Waals surface area contributed by atoms with Gasteiger partial charge in [-0.05, 0) is 36.8 Å². The molecule has 0 aliphatic carbocycles. The van der Waals surface area contributed by atoms with Crippen LogP contribution in [-0.4, -0.2) is 50.1 Å². The molecule has 0 unspecified atom stereocenters. The molecule has 130 valence electrons. The van der Waals surface area contributed by atoms with E-state index in [1.54, 1.807) is 6.07 Å². The van der Waals surface area contributed by atoms with Crippen LogP contribution in [0.15, 0.2) is 48.5 Å². The Kier molecular flexibility index (Phi) is 5.03. The Bertz CT molecular complexity index is 780. The summed E-state index contributed by atoms with van der Waals surface area (Å²) in [5, 5.41) is 0. The van der Waals surface area contributed by atoms with Gasteiger partial charge in [0, 0.05) is 37.4 Å². The number of rotatable bonds is 3. The predicted octanol–water partition coefficient (Wildman–Crippen LogP) is 2.74. The van der Waals surface area contributed by atoms with Crippen molar-refractivity contribution < 1.29 is 14.3 Å². The van der Waals surface area contributed by atoms with Crippen LogP contribution in [0.3, 0.4) is 0 Å². The van der Waals surface area contributed by atoms with Crippen molar-refractivity contribution in [1.29, 1.82) is 0 Å². The second-order valence-corrected chi connectivity index (χ2v) is 6.14. The summed E-state index contributed by atoms with van der Waals surface area (Å²) in [6.07, 6.45) is 0. The first-order valence-corrected chi connectivity index (χ1v) is 8.38. The molecule has 0 N–H and O–H groups in total. The summed E-state index contributed by atoms with van der Waals surface area (Å²) in [7, 11) is 1.38. The molecule has 1 aliphatic rings. The van der Waals surface area contributed by atoms with Gasteiger partial charge in [0.25, 0.3) is 5.91 Å². The van der Waals surface area contributed by atoms with Crippen molar-refractivity contribution in [1.82, 2.24) is 4.90 Å². The van der Waals surface area contributed by atoms with E-state index < -0.39 is 0 Å². The Morgan fingerprint density at radius 1 is 0.960 bits per heavy atom. The number of nitrogens with zero attached hydrogens (tertiary/aromatic N) is 2. The molecule has 1 amide bonds. The number of carbonyl (C=O) groups is 2. The largest absolute Gasteiger partial charge is 0.465 e. The van der Waals surface area contributed by atoms with E-state index in [1.165, 1.54) is 7.11 Å². The zero-order valence-corrected chi connectivity index (χ0v) is 14.6. The van der Waals surface area contributed by atoms with Gasteiger partial charge in [0.2, 0.25) is 0 Å². The lowest BCUT2D eigenvalue weighted by molar-refractivity contribution is 0.0600. The fourth-order valence-electron chi connectivity index (χ4n) is 3.10. The van der Waals surface area contributed by atoms with Crippen molar-refractivity contribution in [3.8, 4) is 0 Å². The lowest BCUT2D eigenvalue weighted by atomic mass is 10.1. The fourth-order valence-corrected chi connectivity index (χ4v) is 3.10. The Balaban J connectivity index is 1.67. The van der Waals surface area contributed by atoms with Crippen molar-refractivity contribution in [2.75, 3.05) is 38.2 Å². The highest BCUT2D eigenvalue weighted by atomic mass is 16.5. The fraction of sp³-hybridized carbons (Fsp3) is 0.300. The predicted molar refractivity (Wildman–Crippen MR) is 97.1 cm³/mol. The maximum absolute atomic E-state index is 12.7. The number of esters is 1. The van der Waals surface area contributed by atoms with Gasteiger partial charge >= 0.3 is 5.97 Å². The maximum atomic E-state index is 12.7. The maximum Gasteiger partial charge on any atom is 0.337 e. The number of amides is 1. The van der Waals surface area contributed by atoms with Crippen LogP contribution in [0.5, 0.6) is 0 Å². The number of hydrogen-bond acceptors (Lipinski definition) is 4. The summed E-state index contributed by atoms with van der Waals surface area (Å²) >= 11 is 0. The second-order valence-electron chi connectivity index (χ2n) is 6.14. The highest BCUT2D eigenvalue weighted by Gasteiger charge is 2.23. The minimum Gasteiger partial charge on any atom is -0.465 e. The lowest BCUT2D eigenvalue weighted by Crippen LogP contribution is -2.49. The number of aryl methyl sites for hydroxylation is 1. The molecular formula is C20H22N2O3.